The second kappa shape index (κ2) is 6.30. The number of thiophene rings is 1. The maximum absolute atomic E-state index is 3.73. The Balaban J connectivity index is 1.89. The van der Waals surface area contributed by atoms with E-state index in [-0.39, 0.29) is 5.54 Å². The molecule has 0 bridgehead atoms. The summed E-state index contributed by atoms with van der Waals surface area (Å²) >= 11 is 1.86. The molecule has 2 atom stereocenters. The molecule has 1 aromatic carbocycles. The highest BCUT2D eigenvalue weighted by Crippen LogP contribution is 2.33. The number of piperazine rings is 1. The van der Waals surface area contributed by atoms with Gasteiger partial charge in [0.15, 0.2) is 0 Å². The molecule has 0 aliphatic carbocycles. The molecular weight excluding hydrogens is 276 g/mol. The third-order valence-electron chi connectivity index (χ3n) is 4.69. The van der Waals surface area contributed by atoms with E-state index in [1.807, 2.05) is 11.3 Å². The van der Waals surface area contributed by atoms with Crippen LogP contribution >= 0.6 is 11.3 Å². The summed E-state index contributed by atoms with van der Waals surface area (Å²) in [4.78, 5) is 4.10. The predicted octanol–water partition coefficient (Wildman–Crippen LogP) is 3.85. The summed E-state index contributed by atoms with van der Waals surface area (Å²) < 4.78 is 0. The zero-order valence-electron chi connectivity index (χ0n) is 12.9. The first kappa shape index (κ1) is 14.8. The van der Waals surface area contributed by atoms with E-state index in [2.05, 4.69) is 71.9 Å². The highest BCUT2D eigenvalue weighted by molar-refractivity contribution is 7.09. The monoisotopic (exact) mass is 300 g/mol. The van der Waals surface area contributed by atoms with Gasteiger partial charge in [0.25, 0.3) is 0 Å². The van der Waals surface area contributed by atoms with Gasteiger partial charge in [-0.2, -0.15) is 0 Å². The van der Waals surface area contributed by atoms with E-state index in [4.69, 9.17) is 0 Å². The lowest BCUT2D eigenvalue weighted by Gasteiger charge is -2.48. The molecule has 3 heteroatoms. The number of hydrogen-bond acceptors (Lipinski definition) is 3. The Kier molecular flexibility index (Phi) is 4.43. The first-order chi connectivity index (χ1) is 10.2. The number of benzene rings is 1. The van der Waals surface area contributed by atoms with Gasteiger partial charge in [0.05, 0.1) is 5.54 Å². The van der Waals surface area contributed by atoms with Crippen LogP contribution in [0.25, 0.3) is 0 Å². The summed E-state index contributed by atoms with van der Waals surface area (Å²) in [6.45, 7) is 7.81. The van der Waals surface area contributed by atoms with Crippen LogP contribution in [0.2, 0.25) is 0 Å². The molecule has 0 amide bonds. The molecule has 112 valence electrons. The highest BCUT2D eigenvalue weighted by Gasteiger charge is 2.38. The van der Waals surface area contributed by atoms with E-state index in [0.717, 1.165) is 19.6 Å². The first-order valence-electron chi connectivity index (χ1n) is 7.78. The summed E-state index contributed by atoms with van der Waals surface area (Å²) in [5, 5.41) is 5.90. The van der Waals surface area contributed by atoms with Crippen molar-refractivity contribution >= 4 is 11.3 Å². The van der Waals surface area contributed by atoms with Crippen LogP contribution in [0, 0.1) is 0 Å². The molecule has 2 nitrogen and oxygen atoms in total. The summed E-state index contributed by atoms with van der Waals surface area (Å²) in [7, 11) is 0. The number of nitrogens with zero attached hydrogens (tertiary/aromatic N) is 1. The van der Waals surface area contributed by atoms with Crippen molar-refractivity contribution in [1.82, 2.24) is 10.2 Å². The van der Waals surface area contributed by atoms with Crippen LogP contribution in [-0.2, 0) is 12.1 Å². The molecule has 1 aliphatic rings. The average molecular weight is 300 g/mol. The van der Waals surface area contributed by atoms with Gasteiger partial charge in [-0.15, -0.1) is 11.3 Å². The second-order valence-corrected chi connectivity index (χ2v) is 7.12. The van der Waals surface area contributed by atoms with Gasteiger partial charge in [-0.05, 0) is 30.4 Å². The molecule has 2 unspecified atom stereocenters. The number of rotatable bonds is 4. The molecule has 2 heterocycles. The van der Waals surface area contributed by atoms with Crippen LogP contribution in [0.4, 0.5) is 0 Å². The molecular formula is C18H24N2S. The van der Waals surface area contributed by atoms with Crippen molar-refractivity contribution in [3.8, 4) is 0 Å². The van der Waals surface area contributed by atoms with Gasteiger partial charge in [0.2, 0.25) is 0 Å². The van der Waals surface area contributed by atoms with E-state index in [0.29, 0.717) is 6.04 Å². The van der Waals surface area contributed by atoms with E-state index < -0.39 is 0 Å². The average Bonchev–Trinajstić information content (AvgIpc) is 3.03. The van der Waals surface area contributed by atoms with Crippen molar-refractivity contribution in [3.63, 3.8) is 0 Å². The number of nitrogens with one attached hydrogen (secondary N) is 1. The molecule has 1 saturated heterocycles. The Bertz CT molecular complexity index is 552. The lowest BCUT2D eigenvalue weighted by Crippen LogP contribution is -2.60. The minimum absolute atomic E-state index is 0.0664. The SMILES string of the molecule is CCC1CN(Cc2cccs2)C(C)(c2ccccc2)CN1. The van der Waals surface area contributed by atoms with Crippen molar-refractivity contribution in [3.05, 3.63) is 58.3 Å². The normalized spacial score (nSPS) is 26.9. The van der Waals surface area contributed by atoms with E-state index in [1.165, 1.54) is 16.9 Å². The molecule has 2 aromatic rings. The summed E-state index contributed by atoms with van der Waals surface area (Å²) in [6.07, 6.45) is 1.19. The maximum Gasteiger partial charge on any atom is 0.0561 e. The fourth-order valence-corrected chi connectivity index (χ4v) is 3.89. The molecule has 1 N–H and O–H groups in total. The van der Waals surface area contributed by atoms with Crippen LogP contribution in [0.1, 0.15) is 30.7 Å². The fraction of sp³-hybridized carbons (Fsp3) is 0.444. The molecule has 0 spiro atoms. The van der Waals surface area contributed by atoms with Crippen LogP contribution < -0.4 is 5.32 Å². The summed E-state index contributed by atoms with van der Waals surface area (Å²) in [5.41, 5.74) is 1.47. The minimum atomic E-state index is 0.0664. The first-order valence-corrected chi connectivity index (χ1v) is 8.66. The predicted molar refractivity (Wildman–Crippen MR) is 90.6 cm³/mol. The summed E-state index contributed by atoms with van der Waals surface area (Å²) in [5.74, 6) is 0. The Morgan fingerprint density at radius 3 is 2.71 bits per heavy atom. The van der Waals surface area contributed by atoms with Gasteiger partial charge in [0, 0.05) is 30.6 Å². The van der Waals surface area contributed by atoms with Crippen molar-refractivity contribution in [2.45, 2.75) is 38.4 Å². The third kappa shape index (κ3) is 3.05. The van der Waals surface area contributed by atoms with Crippen LogP contribution in [0.3, 0.4) is 0 Å². The second-order valence-electron chi connectivity index (χ2n) is 6.09. The molecule has 1 fully saturated rings. The zero-order valence-corrected chi connectivity index (χ0v) is 13.7. The molecule has 0 saturated carbocycles. The van der Waals surface area contributed by atoms with Crippen LogP contribution in [0.15, 0.2) is 47.8 Å². The summed E-state index contributed by atoms with van der Waals surface area (Å²) in [6, 6.07) is 15.9. The smallest absolute Gasteiger partial charge is 0.0561 e. The molecule has 1 aliphatic heterocycles. The standard InChI is InChI=1S/C18H24N2S/c1-3-16-12-20(13-17-10-7-11-21-17)18(2,14-19-16)15-8-5-4-6-9-15/h4-11,16,19H,3,12-14H2,1-2H3. The molecule has 3 rings (SSSR count). The Morgan fingerprint density at radius 2 is 2.05 bits per heavy atom. The maximum atomic E-state index is 3.73. The van der Waals surface area contributed by atoms with Gasteiger partial charge >= 0.3 is 0 Å². The van der Waals surface area contributed by atoms with Crippen molar-refractivity contribution in [2.24, 2.45) is 0 Å². The Hall–Kier alpha value is -1.16. The van der Waals surface area contributed by atoms with Gasteiger partial charge < -0.3 is 5.32 Å². The Labute approximate surface area is 131 Å². The van der Waals surface area contributed by atoms with Crippen molar-refractivity contribution in [1.29, 1.82) is 0 Å². The number of hydrogen-bond donors (Lipinski definition) is 1. The van der Waals surface area contributed by atoms with Crippen molar-refractivity contribution in [2.75, 3.05) is 13.1 Å². The lowest BCUT2D eigenvalue weighted by atomic mass is 9.86. The fourth-order valence-electron chi connectivity index (χ4n) is 3.17. The molecule has 21 heavy (non-hydrogen) atoms. The third-order valence-corrected chi connectivity index (χ3v) is 5.55. The van der Waals surface area contributed by atoms with Crippen LogP contribution in [-0.4, -0.2) is 24.0 Å². The van der Waals surface area contributed by atoms with E-state index >= 15 is 0 Å². The van der Waals surface area contributed by atoms with Gasteiger partial charge in [0.1, 0.15) is 0 Å². The van der Waals surface area contributed by atoms with E-state index in [1.54, 1.807) is 0 Å². The topological polar surface area (TPSA) is 15.3 Å². The largest absolute Gasteiger partial charge is 0.311 e. The zero-order chi connectivity index (χ0) is 14.7. The van der Waals surface area contributed by atoms with Crippen LogP contribution in [0.5, 0.6) is 0 Å². The van der Waals surface area contributed by atoms with E-state index in [9.17, 15) is 0 Å². The molecule has 1 aromatic heterocycles. The van der Waals surface area contributed by atoms with Gasteiger partial charge in [-0.1, -0.05) is 43.3 Å². The molecule has 0 radical (unpaired) electrons. The lowest BCUT2D eigenvalue weighted by molar-refractivity contribution is 0.0421. The van der Waals surface area contributed by atoms with Gasteiger partial charge in [-0.25, -0.2) is 0 Å². The quantitative estimate of drug-likeness (QED) is 0.922. The highest BCUT2D eigenvalue weighted by atomic mass is 32.1. The van der Waals surface area contributed by atoms with Gasteiger partial charge in [-0.3, -0.25) is 4.90 Å². The van der Waals surface area contributed by atoms with Crippen molar-refractivity contribution < 1.29 is 0 Å². The minimum Gasteiger partial charge on any atom is -0.311 e. The Morgan fingerprint density at radius 1 is 1.24 bits per heavy atom.